The molecule has 1 saturated heterocycles. The van der Waals surface area contributed by atoms with E-state index in [0.717, 1.165) is 6.34 Å². The summed E-state index contributed by atoms with van der Waals surface area (Å²) in [6.07, 6.45) is -3.29. The Labute approximate surface area is 176 Å². The molecule has 0 aromatic rings. The third-order valence-electron chi connectivity index (χ3n) is 5.90. The Balaban J connectivity index is 2.23. The van der Waals surface area contributed by atoms with Crippen molar-refractivity contribution >= 4 is 12.2 Å². The van der Waals surface area contributed by atoms with Crippen LogP contribution in [0.4, 0.5) is 0 Å². The smallest absolute Gasteiger partial charge is 0.244 e. The standard InChI is InChI=1S/C18H36N6O6/c1-8(20)10-5-4-9(21)18(29-10)30-16-12(22)14(26)17(28-3)13(15(16)27)24(2)11(25)6-23-7-19/h7-10,12-18,26-27H,4-6,20-22H2,1-3H3,(H2,19,23)/t8-,9?,10?,12?,13?,14?,15?,16?,17?,18?/m0/s1. The van der Waals surface area contributed by atoms with E-state index in [9.17, 15) is 15.0 Å². The molecule has 12 nitrogen and oxygen atoms in total. The lowest BCUT2D eigenvalue weighted by atomic mass is 9.80. The van der Waals surface area contributed by atoms with Gasteiger partial charge in [-0.2, -0.15) is 0 Å². The molecule has 2 fully saturated rings. The van der Waals surface area contributed by atoms with E-state index in [1.807, 2.05) is 6.92 Å². The number of methoxy groups -OCH3 is 1. The van der Waals surface area contributed by atoms with Gasteiger partial charge in [-0.3, -0.25) is 9.79 Å². The highest BCUT2D eigenvalue weighted by Crippen LogP contribution is 2.31. The highest BCUT2D eigenvalue weighted by atomic mass is 16.7. The van der Waals surface area contributed by atoms with Gasteiger partial charge < -0.3 is 52.3 Å². The largest absolute Gasteiger partial charge is 0.390 e. The lowest BCUT2D eigenvalue weighted by molar-refractivity contribution is -0.267. The zero-order valence-electron chi connectivity index (χ0n) is 17.7. The van der Waals surface area contributed by atoms with Gasteiger partial charge >= 0.3 is 0 Å². The van der Waals surface area contributed by atoms with E-state index in [1.54, 1.807) is 0 Å². The van der Waals surface area contributed by atoms with Gasteiger partial charge in [-0.05, 0) is 19.8 Å². The van der Waals surface area contributed by atoms with Gasteiger partial charge in [0.15, 0.2) is 6.29 Å². The number of likely N-dealkylation sites (N-methyl/N-ethyl adjacent to an activating group) is 1. The van der Waals surface area contributed by atoms with Crippen molar-refractivity contribution in [3.8, 4) is 0 Å². The lowest BCUT2D eigenvalue weighted by Gasteiger charge is -2.50. The van der Waals surface area contributed by atoms with Crippen LogP contribution in [0.5, 0.6) is 0 Å². The molecule has 10 atom stereocenters. The Bertz CT molecular complexity index is 596. The van der Waals surface area contributed by atoms with Crippen LogP contribution in [0.25, 0.3) is 0 Å². The van der Waals surface area contributed by atoms with Crippen molar-refractivity contribution in [2.45, 2.75) is 80.7 Å². The molecule has 1 aliphatic heterocycles. The van der Waals surface area contributed by atoms with Crippen LogP contribution in [0.15, 0.2) is 4.99 Å². The van der Waals surface area contributed by atoms with Crippen LogP contribution in [-0.2, 0) is 19.0 Å². The van der Waals surface area contributed by atoms with Crippen molar-refractivity contribution in [3.63, 3.8) is 0 Å². The summed E-state index contributed by atoms with van der Waals surface area (Å²) in [5, 5.41) is 21.8. The molecule has 1 amide bonds. The third kappa shape index (κ3) is 5.26. The number of aliphatic hydroxyl groups excluding tert-OH is 2. The van der Waals surface area contributed by atoms with E-state index in [0.29, 0.717) is 12.8 Å². The second-order valence-electron chi connectivity index (χ2n) is 7.99. The van der Waals surface area contributed by atoms with Crippen molar-refractivity contribution < 1.29 is 29.2 Å². The summed E-state index contributed by atoms with van der Waals surface area (Å²) in [5.74, 6) is -0.424. The molecular weight excluding hydrogens is 396 g/mol. The van der Waals surface area contributed by atoms with Gasteiger partial charge in [0.25, 0.3) is 0 Å². The van der Waals surface area contributed by atoms with E-state index in [4.69, 9.17) is 37.1 Å². The quantitative estimate of drug-likeness (QED) is 0.172. The summed E-state index contributed by atoms with van der Waals surface area (Å²) in [4.78, 5) is 17.4. The second-order valence-corrected chi connectivity index (χ2v) is 7.99. The SMILES string of the molecule is COC1C(O)C(N)C(OC2OC([C@H](C)N)CCC2N)C(O)C1N(C)C(=O)CN=CN. The Morgan fingerprint density at radius 3 is 2.53 bits per heavy atom. The predicted molar refractivity (Wildman–Crippen MR) is 109 cm³/mol. The van der Waals surface area contributed by atoms with Crippen LogP contribution < -0.4 is 22.9 Å². The Morgan fingerprint density at radius 1 is 1.30 bits per heavy atom. The number of amides is 1. The number of nitrogens with zero attached hydrogens (tertiary/aromatic N) is 2. The highest BCUT2D eigenvalue weighted by molar-refractivity contribution is 5.79. The molecule has 9 unspecified atom stereocenters. The first-order valence-corrected chi connectivity index (χ1v) is 10.1. The van der Waals surface area contributed by atoms with E-state index in [2.05, 4.69) is 4.99 Å². The lowest BCUT2D eigenvalue weighted by Crippen LogP contribution is -2.72. The summed E-state index contributed by atoms with van der Waals surface area (Å²) in [7, 11) is 2.84. The molecule has 1 aliphatic carbocycles. The maximum atomic E-state index is 12.4. The van der Waals surface area contributed by atoms with E-state index < -0.39 is 54.7 Å². The molecule has 0 aromatic carbocycles. The monoisotopic (exact) mass is 432 g/mol. The van der Waals surface area contributed by atoms with Crippen molar-refractivity contribution in [2.24, 2.45) is 27.9 Å². The Morgan fingerprint density at radius 2 is 1.97 bits per heavy atom. The molecule has 2 aliphatic rings. The first kappa shape index (κ1) is 24.9. The molecule has 0 spiro atoms. The van der Waals surface area contributed by atoms with Crippen LogP contribution in [0, 0.1) is 0 Å². The minimum absolute atomic E-state index is 0.215. The van der Waals surface area contributed by atoms with Crippen molar-refractivity contribution in [1.29, 1.82) is 0 Å². The zero-order chi connectivity index (χ0) is 22.6. The van der Waals surface area contributed by atoms with Crippen LogP contribution in [0.1, 0.15) is 19.8 Å². The maximum absolute atomic E-state index is 12.4. The van der Waals surface area contributed by atoms with Gasteiger partial charge in [0.05, 0.1) is 36.7 Å². The van der Waals surface area contributed by atoms with Crippen molar-refractivity contribution in [2.75, 3.05) is 20.7 Å². The van der Waals surface area contributed by atoms with Crippen LogP contribution in [0.3, 0.4) is 0 Å². The zero-order valence-corrected chi connectivity index (χ0v) is 17.7. The molecule has 0 aromatic heterocycles. The highest BCUT2D eigenvalue weighted by Gasteiger charge is 2.53. The third-order valence-corrected chi connectivity index (χ3v) is 5.90. The summed E-state index contributed by atoms with van der Waals surface area (Å²) < 4.78 is 17.2. The first-order valence-electron chi connectivity index (χ1n) is 10.1. The van der Waals surface area contributed by atoms with Gasteiger partial charge in [-0.15, -0.1) is 0 Å². The van der Waals surface area contributed by atoms with Gasteiger partial charge in [0.1, 0.15) is 24.9 Å². The van der Waals surface area contributed by atoms with E-state index in [-0.39, 0.29) is 18.7 Å². The number of ether oxygens (including phenoxy) is 3. The molecule has 30 heavy (non-hydrogen) atoms. The summed E-state index contributed by atoms with van der Waals surface area (Å²) in [6, 6.07) is -2.62. The van der Waals surface area contributed by atoms with Crippen LogP contribution in [-0.4, -0.2) is 109 Å². The second kappa shape index (κ2) is 10.8. The number of hydrogen-bond donors (Lipinski definition) is 6. The molecule has 0 radical (unpaired) electrons. The fraction of sp³-hybridized carbons (Fsp3) is 0.889. The van der Waals surface area contributed by atoms with Gasteiger partial charge in [0.2, 0.25) is 5.91 Å². The average Bonchev–Trinajstić information content (AvgIpc) is 2.72. The van der Waals surface area contributed by atoms with E-state index >= 15 is 0 Å². The fourth-order valence-corrected chi connectivity index (χ4v) is 4.05. The van der Waals surface area contributed by atoms with Gasteiger partial charge in [-0.25, -0.2) is 0 Å². The number of aliphatic hydroxyl groups is 2. The molecule has 1 saturated carbocycles. The molecule has 10 N–H and O–H groups in total. The first-order chi connectivity index (χ1) is 14.1. The Kier molecular flexibility index (Phi) is 8.94. The maximum Gasteiger partial charge on any atom is 0.244 e. The van der Waals surface area contributed by atoms with Crippen LogP contribution in [0.2, 0.25) is 0 Å². The molecule has 174 valence electrons. The minimum atomic E-state index is -1.28. The topological polar surface area (TPSA) is 205 Å². The Hall–Kier alpha value is -1.38. The number of nitrogens with two attached hydrogens (primary N) is 4. The predicted octanol–water partition coefficient (Wildman–Crippen LogP) is -3.56. The van der Waals surface area contributed by atoms with Crippen LogP contribution >= 0.6 is 0 Å². The number of hydrogen-bond acceptors (Lipinski definition) is 10. The van der Waals surface area contributed by atoms with Crippen molar-refractivity contribution in [3.05, 3.63) is 0 Å². The normalized spacial score (nSPS) is 41.0. The molecule has 1 heterocycles. The summed E-state index contributed by atoms with van der Waals surface area (Å²) >= 11 is 0. The minimum Gasteiger partial charge on any atom is -0.390 e. The van der Waals surface area contributed by atoms with Gasteiger partial charge in [0, 0.05) is 20.2 Å². The van der Waals surface area contributed by atoms with Gasteiger partial charge in [-0.1, -0.05) is 0 Å². The average molecular weight is 433 g/mol. The summed E-state index contributed by atoms with van der Waals surface area (Å²) in [5.41, 5.74) is 23.5. The van der Waals surface area contributed by atoms with Crippen molar-refractivity contribution in [1.82, 2.24) is 4.90 Å². The number of carbonyl (C=O) groups excluding carboxylic acids is 1. The molecule has 2 rings (SSSR count). The summed E-state index contributed by atoms with van der Waals surface area (Å²) in [6.45, 7) is 1.61. The molecule has 12 heteroatoms. The molecule has 0 bridgehead atoms. The molecular formula is C18H36N6O6. The number of rotatable bonds is 7. The fourth-order valence-electron chi connectivity index (χ4n) is 4.05. The van der Waals surface area contributed by atoms with E-state index in [1.165, 1.54) is 19.1 Å². The number of carbonyl (C=O) groups is 1. The number of aliphatic imine (C=N–C) groups is 1.